The number of benzene rings is 1. The van der Waals surface area contributed by atoms with Crippen molar-refractivity contribution in [3.8, 4) is 11.5 Å². The van der Waals surface area contributed by atoms with Gasteiger partial charge in [0.15, 0.2) is 17.3 Å². The smallest absolute Gasteiger partial charge is 0.163 e. The monoisotopic (exact) mass is 277 g/mol. The van der Waals surface area contributed by atoms with Gasteiger partial charge >= 0.3 is 0 Å². The summed E-state index contributed by atoms with van der Waals surface area (Å²) in [5.41, 5.74) is 0.712. The Bertz CT molecular complexity index is 453. The molecule has 0 bridgehead atoms. The van der Waals surface area contributed by atoms with Gasteiger partial charge in [0.2, 0.25) is 0 Å². The molecule has 0 saturated carbocycles. The van der Waals surface area contributed by atoms with Crippen LogP contribution < -0.4 is 14.8 Å². The molecular weight excluding hydrogens is 254 g/mol. The third kappa shape index (κ3) is 3.73. The quantitative estimate of drug-likeness (QED) is 0.778. The summed E-state index contributed by atoms with van der Waals surface area (Å²) in [7, 11) is 0. The summed E-state index contributed by atoms with van der Waals surface area (Å²) in [5.74, 6) is 2.01. The average Bonchev–Trinajstić information content (AvgIpc) is 2.94. The van der Waals surface area contributed by atoms with E-state index in [-0.39, 0.29) is 5.78 Å². The van der Waals surface area contributed by atoms with Gasteiger partial charge in [-0.15, -0.1) is 0 Å². The molecule has 0 spiro atoms. The van der Waals surface area contributed by atoms with Crippen LogP contribution >= 0.6 is 0 Å². The van der Waals surface area contributed by atoms with E-state index in [1.165, 1.54) is 0 Å². The topological polar surface area (TPSA) is 47.6 Å². The number of carbonyl (C=O) groups excluding carboxylic acids is 1. The van der Waals surface area contributed by atoms with E-state index in [2.05, 4.69) is 5.32 Å². The summed E-state index contributed by atoms with van der Waals surface area (Å²) in [4.78, 5) is 12.3. The highest BCUT2D eigenvalue weighted by atomic mass is 16.5. The lowest BCUT2D eigenvalue weighted by atomic mass is 9.97. The molecule has 4 nitrogen and oxygen atoms in total. The third-order valence-corrected chi connectivity index (χ3v) is 3.50. The minimum atomic E-state index is 0.183. The molecule has 110 valence electrons. The lowest BCUT2D eigenvalue weighted by Crippen LogP contribution is -2.13. The first-order valence-electron chi connectivity index (χ1n) is 7.38. The van der Waals surface area contributed by atoms with E-state index in [4.69, 9.17) is 9.47 Å². The van der Waals surface area contributed by atoms with Crippen LogP contribution in [0.2, 0.25) is 0 Å². The van der Waals surface area contributed by atoms with Crippen LogP contribution in [0.3, 0.4) is 0 Å². The Hall–Kier alpha value is -1.55. The van der Waals surface area contributed by atoms with E-state index in [1.807, 2.05) is 26.0 Å². The van der Waals surface area contributed by atoms with Crippen LogP contribution in [-0.4, -0.2) is 32.1 Å². The van der Waals surface area contributed by atoms with E-state index < -0.39 is 0 Å². The number of rotatable bonds is 7. The molecule has 1 unspecified atom stereocenters. The van der Waals surface area contributed by atoms with Gasteiger partial charge in [-0.2, -0.15) is 0 Å². The zero-order chi connectivity index (χ0) is 14.4. The zero-order valence-electron chi connectivity index (χ0n) is 12.3. The third-order valence-electron chi connectivity index (χ3n) is 3.50. The van der Waals surface area contributed by atoms with Crippen molar-refractivity contribution in [1.82, 2.24) is 5.32 Å². The molecule has 2 rings (SSSR count). The summed E-state index contributed by atoms with van der Waals surface area (Å²) in [6.07, 6.45) is 1.69. The van der Waals surface area contributed by atoms with Crippen molar-refractivity contribution in [3.63, 3.8) is 0 Å². The van der Waals surface area contributed by atoms with Crippen molar-refractivity contribution in [1.29, 1.82) is 0 Å². The second-order valence-corrected chi connectivity index (χ2v) is 5.01. The molecule has 1 aliphatic rings. The maximum absolute atomic E-state index is 12.3. The van der Waals surface area contributed by atoms with Gasteiger partial charge < -0.3 is 14.8 Å². The van der Waals surface area contributed by atoms with Crippen molar-refractivity contribution in [2.45, 2.75) is 26.7 Å². The summed E-state index contributed by atoms with van der Waals surface area (Å²) in [6.45, 7) is 6.97. The number of ketones is 1. The second kappa shape index (κ2) is 7.29. The standard InChI is InChI=1S/C16H23NO3/c1-3-19-15-6-5-13(10-16(15)20-4-2)14(18)9-12-7-8-17-11-12/h5-6,10,12,17H,3-4,7-9,11H2,1-2H3. The number of Topliss-reactive ketones (excluding diaryl/α,β-unsaturated/α-hetero) is 1. The molecule has 0 radical (unpaired) electrons. The van der Waals surface area contributed by atoms with Crippen LogP contribution in [0.15, 0.2) is 18.2 Å². The molecule has 1 aliphatic heterocycles. The predicted molar refractivity (Wildman–Crippen MR) is 78.7 cm³/mol. The summed E-state index contributed by atoms with van der Waals surface area (Å²) in [5, 5.41) is 3.29. The molecule has 1 atom stereocenters. The number of carbonyl (C=O) groups is 1. The Morgan fingerprint density at radius 1 is 1.25 bits per heavy atom. The second-order valence-electron chi connectivity index (χ2n) is 5.01. The minimum Gasteiger partial charge on any atom is -0.490 e. The first-order valence-corrected chi connectivity index (χ1v) is 7.38. The number of ether oxygens (including phenoxy) is 2. The largest absolute Gasteiger partial charge is 0.490 e. The van der Waals surface area contributed by atoms with Gasteiger partial charge in [-0.1, -0.05) is 0 Å². The number of hydrogen-bond donors (Lipinski definition) is 1. The van der Waals surface area contributed by atoms with Gasteiger partial charge in [0.25, 0.3) is 0 Å². The predicted octanol–water partition coefficient (Wildman–Crippen LogP) is 2.67. The van der Waals surface area contributed by atoms with E-state index in [1.54, 1.807) is 6.07 Å². The van der Waals surface area contributed by atoms with Crippen molar-refractivity contribution in [3.05, 3.63) is 23.8 Å². The van der Waals surface area contributed by atoms with E-state index in [0.29, 0.717) is 42.6 Å². The SMILES string of the molecule is CCOc1ccc(C(=O)CC2CCNC2)cc1OCC. The average molecular weight is 277 g/mol. The summed E-state index contributed by atoms with van der Waals surface area (Å²) >= 11 is 0. The van der Waals surface area contributed by atoms with Gasteiger partial charge in [0, 0.05) is 12.0 Å². The molecule has 1 fully saturated rings. The maximum Gasteiger partial charge on any atom is 0.163 e. The van der Waals surface area contributed by atoms with Gasteiger partial charge in [0.05, 0.1) is 13.2 Å². The first kappa shape index (κ1) is 14.9. The Labute approximate surface area is 120 Å². The first-order chi connectivity index (χ1) is 9.74. The fourth-order valence-corrected chi connectivity index (χ4v) is 2.49. The highest BCUT2D eigenvalue weighted by Crippen LogP contribution is 2.29. The Kier molecular flexibility index (Phi) is 5.41. The molecule has 0 amide bonds. The summed E-state index contributed by atoms with van der Waals surface area (Å²) < 4.78 is 11.1. The molecular formula is C16H23NO3. The molecule has 1 N–H and O–H groups in total. The molecule has 1 heterocycles. The van der Waals surface area contributed by atoms with Crippen molar-refractivity contribution >= 4 is 5.78 Å². The van der Waals surface area contributed by atoms with Crippen molar-refractivity contribution in [2.75, 3.05) is 26.3 Å². The number of nitrogens with one attached hydrogen (secondary N) is 1. The maximum atomic E-state index is 12.3. The van der Waals surface area contributed by atoms with Crippen molar-refractivity contribution in [2.24, 2.45) is 5.92 Å². The normalized spacial score (nSPS) is 18.0. The summed E-state index contributed by atoms with van der Waals surface area (Å²) in [6, 6.07) is 5.46. The van der Waals surface area contributed by atoms with Gasteiger partial charge in [-0.3, -0.25) is 4.79 Å². The van der Waals surface area contributed by atoms with Crippen LogP contribution in [0.1, 0.15) is 37.0 Å². The van der Waals surface area contributed by atoms with Crippen LogP contribution in [0, 0.1) is 5.92 Å². The number of hydrogen-bond acceptors (Lipinski definition) is 4. The van der Waals surface area contributed by atoms with Crippen LogP contribution in [0.25, 0.3) is 0 Å². The van der Waals surface area contributed by atoms with Crippen LogP contribution in [0.4, 0.5) is 0 Å². The molecule has 4 heteroatoms. The fourth-order valence-electron chi connectivity index (χ4n) is 2.49. The lowest BCUT2D eigenvalue weighted by Gasteiger charge is -2.13. The van der Waals surface area contributed by atoms with E-state index in [0.717, 1.165) is 19.5 Å². The van der Waals surface area contributed by atoms with Gasteiger partial charge in [-0.05, 0) is 57.5 Å². The minimum absolute atomic E-state index is 0.183. The molecule has 0 aromatic heterocycles. The van der Waals surface area contributed by atoms with Crippen LogP contribution in [0.5, 0.6) is 11.5 Å². The molecule has 0 aliphatic carbocycles. The Balaban J connectivity index is 2.10. The van der Waals surface area contributed by atoms with E-state index >= 15 is 0 Å². The Morgan fingerprint density at radius 2 is 2.00 bits per heavy atom. The van der Waals surface area contributed by atoms with Crippen LogP contribution in [-0.2, 0) is 0 Å². The van der Waals surface area contributed by atoms with Gasteiger partial charge in [-0.25, -0.2) is 0 Å². The Morgan fingerprint density at radius 3 is 2.65 bits per heavy atom. The van der Waals surface area contributed by atoms with E-state index in [9.17, 15) is 4.79 Å². The molecule has 1 saturated heterocycles. The lowest BCUT2D eigenvalue weighted by molar-refractivity contribution is 0.0964. The fraction of sp³-hybridized carbons (Fsp3) is 0.562. The molecule has 20 heavy (non-hydrogen) atoms. The zero-order valence-corrected chi connectivity index (χ0v) is 12.3. The highest BCUT2D eigenvalue weighted by molar-refractivity contribution is 5.96. The van der Waals surface area contributed by atoms with Crippen molar-refractivity contribution < 1.29 is 14.3 Å². The molecule has 1 aromatic rings. The molecule has 1 aromatic carbocycles. The highest BCUT2D eigenvalue weighted by Gasteiger charge is 2.20. The van der Waals surface area contributed by atoms with Gasteiger partial charge in [0.1, 0.15) is 0 Å².